The summed E-state index contributed by atoms with van der Waals surface area (Å²) in [6, 6.07) is -0.854. The van der Waals surface area contributed by atoms with Gasteiger partial charge in [0.15, 0.2) is 0 Å². The van der Waals surface area contributed by atoms with Crippen LogP contribution < -0.4 is 5.32 Å². The van der Waals surface area contributed by atoms with Gasteiger partial charge in [-0.1, -0.05) is 38.5 Å². The zero-order valence-corrected chi connectivity index (χ0v) is 12.8. The summed E-state index contributed by atoms with van der Waals surface area (Å²) in [4.78, 5) is 23.0. The molecule has 0 radical (unpaired) electrons. The van der Waals surface area contributed by atoms with E-state index in [1.54, 1.807) is 20.8 Å². The molecule has 0 saturated heterocycles. The van der Waals surface area contributed by atoms with Crippen molar-refractivity contribution >= 4 is 12.1 Å². The highest BCUT2D eigenvalue weighted by atomic mass is 16.6. The number of carbonyl (C=O) groups excluding carboxylic acids is 1. The molecule has 116 valence electrons. The van der Waals surface area contributed by atoms with Crippen LogP contribution in [0.2, 0.25) is 0 Å². The number of aliphatic carboxylic acids is 1. The maximum Gasteiger partial charge on any atom is 0.408 e. The summed E-state index contributed by atoms with van der Waals surface area (Å²) in [7, 11) is 0. The molecular formula is C15H27NO4. The molecule has 0 aromatic carbocycles. The van der Waals surface area contributed by atoms with E-state index >= 15 is 0 Å². The average molecular weight is 285 g/mol. The second kappa shape index (κ2) is 7.50. The first kappa shape index (κ1) is 16.8. The second-order valence-corrected chi connectivity index (χ2v) is 6.63. The van der Waals surface area contributed by atoms with Gasteiger partial charge in [-0.2, -0.15) is 0 Å². The van der Waals surface area contributed by atoms with Crippen molar-refractivity contribution in [3.05, 3.63) is 0 Å². The fourth-order valence-electron chi connectivity index (χ4n) is 2.60. The molecule has 1 aliphatic rings. The van der Waals surface area contributed by atoms with E-state index in [0.717, 1.165) is 25.7 Å². The largest absolute Gasteiger partial charge is 0.480 e. The molecule has 1 aliphatic carbocycles. The Balaban J connectivity index is 2.51. The maximum atomic E-state index is 11.7. The number of alkyl carbamates (subject to hydrolysis) is 1. The van der Waals surface area contributed by atoms with Crippen molar-refractivity contribution in [2.75, 3.05) is 0 Å². The van der Waals surface area contributed by atoms with Crippen LogP contribution in [-0.4, -0.2) is 28.8 Å². The summed E-state index contributed by atoms with van der Waals surface area (Å²) in [6.07, 6.45) is 6.72. The fourth-order valence-corrected chi connectivity index (χ4v) is 2.60. The van der Waals surface area contributed by atoms with Crippen molar-refractivity contribution in [3.63, 3.8) is 0 Å². The van der Waals surface area contributed by atoms with Gasteiger partial charge in [-0.3, -0.25) is 0 Å². The van der Waals surface area contributed by atoms with Crippen molar-refractivity contribution in [3.8, 4) is 0 Å². The summed E-state index contributed by atoms with van der Waals surface area (Å²) in [6.45, 7) is 5.27. The zero-order chi connectivity index (χ0) is 15.2. The van der Waals surface area contributed by atoms with E-state index in [0.29, 0.717) is 12.3 Å². The lowest BCUT2D eigenvalue weighted by molar-refractivity contribution is -0.140. The molecular weight excluding hydrogens is 258 g/mol. The minimum atomic E-state index is -0.986. The molecule has 0 heterocycles. The highest BCUT2D eigenvalue weighted by molar-refractivity contribution is 5.80. The number of carboxylic acid groups (broad SMARTS) is 1. The summed E-state index contributed by atoms with van der Waals surface area (Å²) in [5, 5.41) is 11.7. The molecule has 1 saturated carbocycles. The van der Waals surface area contributed by atoms with Gasteiger partial charge in [-0.25, -0.2) is 9.59 Å². The average Bonchev–Trinajstić information content (AvgIpc) is 2.54. The van der Waals surface area contributed by atoms with Crippen LogP contribution in [0.5, 0.6) is 0 Å². The van der Waals surface area contributed by atoms with Gasteiger partial charge in [0.05, 0.1) is 0 Å². The molecule has 0 aromatic rings. The molecule has 0 aliphatic heterocycles. The van der Waals surface area contributed by atoms with Gasteiger partial charge < -0.3 is 15.2 Å². The molecule has 5 heteroatoms. The number of amides is 1. The number of hydrogen-bond acceptors (Lipinski definition) is 3. The Labute approximate surface area is 121 Å². The first-order chi connectivity index (χ1) is 9.28. The monoisotopic (exact) mass is 285 g/mol. The highest BCUT2D eigenvalue weighted by Crippen LogP contribution is 2.26. The van der Waals surface area contributed by atoms with Crippen LogP contribution in [0.1, 0.15) is 65.7 Å². The lowest BCUT2D eigenvalue weighted by atomic mass is 9.92. The Hall–Kier alpha value is -1.26. The number of hydrogen-bond donors (Lipinski definition) is 2. The third-order valence-electron chi connectivity index (χ3n) is 3.53. The summed E-state index contributed by atoms with van der Waals surface area (Å²) in [5.41, 5.74) is -0.616. The predicted octanol–water partition coefficient (Wildman–Crippen LogP) is 3.32. The van der Waals surface area contributed by atoms with Gasteiger partial charge in [0.1, 0.15) is 11.6 Å². The van der Waals surface area contributed by atoms with Gasteiger partial charge in [-0.05, 0) is 33.1 Å². The number of nitrogens with one attached hydrogen (secondary N) is 1. The Kier molecular flexibility index (Phi) is 6.30. The molecule has 1 fully saturated rings. The van der Waals surface area contributed by atoms with E-state index in [4.69, 9.17) is 4.74 Å². The SMILES string of the molecule is CC(C)(C)OC(=O)N[C@@H](CC1CCCCCC1)C(=O)O. The molecule has 1 rings (SSSR count). The smallest absolute Gasteiger partial charge is 0.408 e. The van der Waals surface area contributed by atoms with Crippen LogP contribution in [0.4, 0.5) is 4.79 Å². The van der Waals surface area contributed by atoms with Crippen molar-refractivity contribution in [2.45, 2.75) is 77.4 Å². The Morgan fingerprint density at radius 1 is 1.20 bits per heavy atom. The Bertz CT molecular complexity index is 327. The molecule has 1 atom stereocenters. The molecule has 0 spiro atoms. The lowest BCUT2D eigenvalue weighted by Crippen LogP contribution is -2.44. The first-order valence-electron chi connectivity index (χ1n) is 7.50. The third kappa shape index (κ3) is 6.78. The third-order valence-corrected chi connectivity index (χ3v) is 3.53. The minimum Gasteiger partial charge on any atom is -0.480 e. The van der Waals surface area contributed by atoms with Crippen molar-refractivity contribution in [1.82, 2.24) is 5.32 Å². The topological polar surface area (TPSA) is 75.6 Å². The molecule has 2 N–H and O–H groups in total. The summed E-state index contributed by atoms with van der Waals surface area (Å²) >= 11 is 0. The molecule has 1 amide bonds. The van der Waals surface area contributed by atoms with E-state index in [1.165, 1.54) is 12.8 Å². The number of carboxylic acids is 1. The Morgan fingerprint density at radius 2 is 1.75 bits per heavy atom. The van der Waals surface area contributed by atoms with Crippen LogP contribution in [0.15, 0.2) is 0 Å². The van der Waals surface area contributed by atoms with Crippen LogP contribution >= 0.6 is 0 Å². The standard InChI is InChI=1S/C15H27NO4/c1-15(2,3)20-14(19)16-12(13(17)18)10-11-8-6-4-5-7-9-11/h11-12H,4-10H2,1-3H3,(H,16,19)(H,17,18)/t12-/m0/s1. The van der Waals surface area contributed by atoms with E-state index in [1.807, 2.05) is 0 Å². The predicted molar refractivity (Wildman–Crippen MR) is 76.6 cm³/mol. The lowest BCUT2D eigenvalue weighted by Gasteiger charge is -2.24. The Morgan fingerprint density at radius 3 is 2.20 bits per heavy atom. The number of carbonyl (C=O) groups is 2. The zero-order valence-electron chi connectivity index (χ0n) is 12.8. The fraction of sp³-hybridized carbons (Fsp3) is 0.867. The maximum absolute atomic E-state index is 11.7. The number of ether oxygens (including phenoxy) is 1. The summed E-state index contributed by atoms with van der Waals surface area (Å²) < 4.78 is 5.12. The van der Waals surface area contributed by atoms with E-state index in [-0.39, 0.29) is 0 Å². The highest BCUT2D eigenvalue weighted by Gasteiger charge is 2.27. The van der Waals surface area contributed by atoms with Gasteiger partial charge in [0.25, 0.3) is 0 Å². The molecule has 5 nitrogen and oxygen atoms in total. The van der Waals surface area contributed by atoms with Crippen molar-refractivity contribution < 1.29 is 19.4 Å². The molecule has 20 heavy (non-hydrogen) atoms. The van der Waals surface area contributed by atoms with Crippen LogP contribution in [0.3, 0.4) is 0 Å². The van der Waals surface area contributed by atoms with Gasteiger partial charge >= 0.3 is 12.1 Å². The summed E-state index contributed by atoms with van der Waals surface area (Å²) in [5.74, 6) is -0.603. The number of rotatable bonds is 4. The van der Waals surface area contributed by atoms with E-state index < -0.39 is 23.7 Å². The van der Waals surface area contributed by atoms with Crippen molar-refractivity contribution in [1.29, 1.82) is 0 Å². The second-order valence-electron chi connectivity index (χ2n) is 6.63. The van der Waals surface area contributed by atoms with Gasteiger partial charge in [0.2, 0.25) is 0 Å². The van der Waals surface area contributed by atoms with Crippen molar-refractivity contribution in [2.24, 2.45) is 5.92 Å². The normalized spacial score (nSPS) is 18.9. The minimum absolute atomic E-state index is 0.383. The van der Waals surface area contributed by atoms with Crippen LogP contribution in [-0.2, 0) is 9.53 Å². The molecule has 0 bridgehead atoms. The van der Waals surface area contributed by atoms with Gasteiger partial charge in [0, 0.05) is 0 Å². The van der Waals surface area contributed by atoms with Gasteiger partial charge in [-0.15, -0.1) is 0 Å². The first-order valence-corrected chi connectivity index (χ1v) is 7.50. The molecule has 0 unspecified atom stereocenters. The van der Waals surface area contributed by atoms with Crippen LogP contribution in [0, 0.1) is 5.92 Å². The quantitative estimate of drug-likeness (QED) is 0.777. The van der Waals surface area contributed by atoms with E-state index in [9.17, 15) is 14.7 Å². The van der Waals surface area contributed by atoms with E-state index in [2.05, 4.69) is 5.32 Å². The van der Waals surface area contributed by atoms with Crippen LogP contribution in [0.25, 0.3) is 0 Å². The molecule has 0 aromatic heterocycles.